The van der Waals surface area contributed by atoms with Crippen LogP contribution in [-0.4, -0.2) is 30.7 Å². The Morgan fingerprint density at radius 1 is 1.59 bits per heavy atom. The van der Waals surface area contributed by atoms with E-state index in [1.807, 2.05) is 6.07 Å². The van der Waals surface area contributed by atoms with Gasteiger partial charge >= 0.3 is 0 Å². The van der Waals surface area contributed by atoms with E-state index in [1.54, 1.807) is 13.1 Å². The molecule has 5 nitrogen and oxygen atoms in total. The predicted octanol–water partition coefficient (Wildman–Crippen LogP) is 2.91. The lowest BCUT2D eigenvalue weighted by Crippen LogP contribution is -2.45. The van der Waals surface area contributed by atoms with Crippen molar-refractivity contribution in [2.24, 2.45) is 10.9 Å². The molecular weight excluding hydrogens is 435 g/mol. The lowest BCUT2D eigenvalue weighted by molar-refractivity contribution is 0.184. The van der Waals surface area contributed by atoms with Crippen molar-refractivity contribution in [3.63, 3.8) is 0 Å². The van der Waals surface area contributed by atoms with Gasteiger partial charge in [0.2, 0.25) is 0 Å². The van der Waals surface area contributed by atoms with Gasteiger partial charge in [0.1, 0.15) is 6.10 Å². The molecule has 1 aliphatic rings. The van der Waals surface area contributed by atoms with E-state index in [9.17, 15) is 5.11 Å². The van der Waals surface area contributed by atoms with E-state index in [2.05, 4.69) is 21.7 Å². The first-order valence-corrected chi connectivity index (χ1v) is 8.13. The number of aliphatic imine (C=N–C) groups is 1. The molecule has 22 heavy (non-hydrogen) atoms. The number of guanidine groups is 1. The monoisotopic (exact) mass is 454 g/mol. The van der Waals surface area contributed by atoms with Gasteiger partial charge in [-0.1, -0.05) is 11.6 Å². The van der Waals surface area contributed by atoms with Crippen molar-refractivity contribution >= 4 is 52.9 Å². The smallest absolute Gasteiger partial charge is 0.191 e. The maximum atomic E-state index is 10.1. The Bertz CT molecular complexity index is 545. The van der Waals surface area contributed by atoms with Gasteiger partial charge in [-0.3, -0.25) is 4.99 Å². The largest absolute Gasteiger partial charge is 0.386 e. The first-order valence-electron chi connectivity index (χ1n) is 6.94. The third-order valence-electron chi connectivity index (χ3n) is 3.61. The van der Waals surface area contributed by atoms with Crippen LogP contribution in [0.5, 0.6) is 0 Å². The number of rotatable bonds is 4. The van der Waals surface area contributed by atoms with Gasteiger partial charge in [0.05, 0.1) is 16.3 Å². The zero-order chi connectivity index (χ0) is 15.2. The second-order valence-corrected chi connectivity index (χ2v) is 6.77. The van der Waals surface area contributed by atoms with Crippen LogP contribution < -0.4 is 10.6 Å². The number of nitriles is 1. The summed E-state index contributed by atoms with van der Waals surface area (Å²) in [6.07, 6.45) is 2.34. The average molecular weight is 455 g/mol. The molecular formula is C14H20ClIN4OS. The summed E-state index contributed by atoms with van der Waals surface area (Å²) in [5, 5.41) is 25.5. The normalized spacial score (nSPS) is 22.5. The zero-order valence-electron chi connectivity index (χ0n) is 12.3. The van der Waals surface area contributed by atoms with Gasteiger partial charge in [-0.2, -0.15) is 5.26 Å². The van der Waals surface area contributed by atoms with Gasteiger partial charge in [-0.15, -0.1) is 35.3 Å². The highest BCUT2D eigenvalue weighted by molar-refractivity contribution is 14.0. The molecule has 1 aromatic rings. The van der Waals surface area contributed by atoms with E-state index < -0.39 is 6.10 Å². The molecule has 3 unspecified atom stereocenters. The molecule has 0 saturated heterocycles. The maximum absolute atomic E-state index is 10.1. The Labute approximate surface area is 156 Å². The molecule has 1 saturated carbocycles. The van der Waals surface area contributed by atoms with Crippen molar-refractivity contribution in [3.8, 4) is 6.07 Å². The first kappa shape index (κ1) is 19.5. The molecule has 0 aromatic carbocycles. The van der Waals surface area contributed by atoms with E-state index in [-0.39, 0.29) is 35.9 Å². The van der Waals surface area contributed by atoms with Gasteiger partial charge in [0, 0.05) is 24.5 Å². The quantitative estimate of drug-likeness (QED) is 0.371. The fraction of sp³-hybridized carbons (Fsp3) is 0.571. The standard InChI is InChI=1S/C14H19ClN4OS.HI/c1-17-14(19-10-4-2-3-9(10)7-16)18-8-11(20)12-5-6-13(15)21-12;/h5-6,9-11,20H,2-4,8H2,1H3,(H2,17,18,19);1H. The fourth-order valence-electron chi connectivity index (χ4n) is 2.46. The van der Waals surface area contributed by atoms with Crippen LogP contribution in [0.2, 0.25) is 4.34 Å². The summed E-state index contributed by atoms with van der Waals surface area (Å²) < 4.78 is 0.661. The van der Waals surface area contributed by atoms with Crippen LogP contribution in [0.1, 0.15) is 30.2 Å². The summed E-state index contributed by atoms with van der Waals surface area (Å²) in [5.41, 5.74) is 0. The van der Waals surface area contributed by atoms with Crippen LogP contribution in [0, 0.1) is 17.2 Å². The lowest BCUT2D eigenvalue weighted by atomic mass is 10.1. The Hall–Kier alpha value is -0.560. The molecule has 1 aromatic heterocycles. The summed E-state index contributed by atoms with van der Waals surface area (Å²) in [7, 11) is 1.68. The van der Waals surface area contributed by atoms with Crippen LogP contribution in [-0.2, 0) is 0 Å². The number of hydrogen-bond donors (Lipinski definition) is 3. The minimum absolute atomic E-state index is 0. The number of nitrogens with one attached hydrogen (secondary N) is 2. The van der Waals surface area contributed by atoms with Crippen molar-refractivity contribution in [1.29, 1.82) is 5.26 Å². The molecule has 3 N–H and O–H groups in total. The van der Waals surface area contributed by atoms with Gasteiger partial charge in [0.25, 0.3) is 0 Å². The zero-order valence-corrected chi connectivity index (χ0v) is 16.2. The Kier molecular flexibility index (Phi) is 8.46. The summed E-state index contributed by atoms with van der Waals surface area (Å²) in [6.45, 7) is 0.348. The van der Waals surface area contributed by atoms with Gasteiger partial charge in [-0.05, 0) is 31.4 Å². The van der Waals surface area contributed by atoms with Crippen LogP contribution in [0.25, 0.3) is 0 Å². The highest BCUT2D eigenvalue weighted by Crippen LogP contribution is 2.27. The third-order valence-corrected chi connectivity index (χ3v) is 4.95. The highest BCUT2D eigenvalue weighted by atomic mass is 127. The van der Waals surface area contributed by atoms with Crippen molar-refractivity contribution in [3.05, 3.63) is 21.3 Å². The minimum Gasteiger partial charge on any atom is -0.386 e. The van der Waals surface area contributed by atoms with Crippen LogP contribution in [0.15, 0.2) is 17.1 Å². The van der Waals surface area contributed by atoms with Crippen molar-refractivity contribution in [1.82, 2.24) is 10.6 Å². The van der Waals surface area contributed by atoms with Crippen LogP contribution in [0.3, 0.4) is 0 Å². The Morgan fingerprint density at radius 2 is 2.36 bits per heavy atom. The van der Waals surface area contributed by atoms with Gasteiger partial charge in [-0.25, -0.2) is 0 Å². The molecule has 0 radical (unpaired) electrons. The van der Waals surface area contributed by atoms with Crippen LogP contribution in [0.4, 0.5) is 0 Å². The predicted molar refractivity (Wildman–Crippen MR) is 101 cm³/mol. The molecule has 1 fully saturated rings. The molecule has 0 amide bonds. The van der Waals surface area contributed by atoms with Gasteiger partial charge < -0.3 is 15.7 Å². The van der Waals surface area contributed by atoms with Crippen molar-refractivity contribution in [2.75, 3.05) is 13.6 Å². The lowest BCUT2D eigenvalue weighted by Gasteiger charge is -2.20. The molecule has 2 rings (SSSR count). The van der Waals surface area contributed by atoms with Crippen molar-refractivity contribution in [2.45, 2.75) is 31.4 Å². The van der Waals surface area contributed by atoms with E-state index >= 15 is 0 Å². The molecule has 3 atom stereocenters. The number of halogens is 2. The topological polar surface area (TPSA) is 80.4 Å². The number of thiophene rings is 1. The number of aliphatic hydroxyl groups excluding tert-OH is 1. The first-order chi connectivity index (χ1) is 10.1. The SMILES string of the molecule is CN=C(NCC(O)c1ccc(Cl)s1)NC1CCCC1C#N.I. The molecule has 0 aliphatic heterocycles. The number of hydrogen-bond acceptors (Lipinski definition) is 4. The van der Waals surface area contributed by atoms with E-state index in [0.29, 0.717) is 16.8 Å². The molecule has 8 heteroatoms. The Balaban J connectivity index is 0.00000242. The van der Waals surface area contributed by atoms with Gasteiger partial charge in [0.15, 0.2) is 5.96 Å². The second-order valence-electron chi connectivity index (χ2n) is 5.03. The Morgan fingerprint density at radius 3 is 2.95 bits per heavy atom. The van der Waals surface area contributed by atoms with E-state index in [0.717, 1.165) is 24.1 Å². The molecule has 0 bridgehead atoms. The van der Waals surface area contributed by atoms with E-state index in [1.165, 1.54) is 11.3 Å². The third kappa shape index (κ3) is 5.26. The molecule has 1 heterocycles. The maximum Gasteiger partial charge on any atom is 0.191 e. The molecule has 0 spiro atoms. The van der Waals surface area contributed by atoms with Crippen LogP contribution >= 0.6 is 46.9 Å². The van der Waals surface area contributed by atoms with Crippen molar-refractivity contribution < 1.29 is 5.11 Å². The fourth-order valence-corrected chi connectivity index (χ4v) is 3.51. The summed E-state index contributed by atoms with van der Waals surface area (Å²) >= 11 is 7.22. The highest BCUT2D eigenvalue weighted by Gasteiger charge is 2.27. The summed E-state index contributed by atoms with van der Waals surface area (Å²) in [4.78, 5) is 4.96. The minimum atomic E-state index is -0.628. The second kappa shape index (κ2) is 9.55. The molecule has 1 aliphatic carbocycles. The molecule has 122 valence electrons. The number of nitrogens with zero attached hydrogens (tertiary/aromatic N) is 2. The number of aliphatic hydroxyl groups is 1. The summed E-state index contributed by atoms with van der Waals surface area (Å²) in [6, 6.07) is 6.05. The average Bonchev–Trinajstić information content (AvgIpc) is 3.11. The summed E-state index contributed by atoms with van der Waals surface area (Å²) in [5.74, 6) is 0.647. The van der Waals surface area contributed by atoms with E-state index in [4.69, 9.17) is 16.9 Å².